The van der Waals surface area contributed by atoms with E-state index in [0.29, 0.717) is 12.3 Å². The third-order valence-corrected chi connectivity index (χ3v) is 3.88. The lowest BCUT2D eigenvalue weighted by Crippen LogP contribution is -2.11. The van der Waals surface area contributed by atoms with E-state index in [1.54, 1.807) is 0 Å². The molecule has 0 heterocycles. The van der Waals surface area contributed by atoms with Gasteiger partial charge in [-0.1, -0.05) is 33.1 Å². The lowest BCUT2D eigenvalue weighted by Gasteiger charge is -2.17. The molecular weight excluding hydrogens is 256 g/mol. The Labute approximate surface area is 121 Å². The van der Waals surface area contributed by atoms with Gasteiger partial charge in [-0.05, 0) is 31.6 Å². The summed E-state index contributed by atoms with van der Waals surface area (Å²) in [6.07, 6.45) is 5.92. The number of aldehydes is 1. The fourth-order valence-electron chi connectivity index (χ4n) is 2.45. The van der Waals surface area contributed by atoms with Crippen molar-refractivity contribution in [3.05, 3.63) is 0 Å². The Morgan fingerprint density at radius 2 is 1.70 bits per heavy atom. The molecule has 0 spiro atoms. The maximum atomic E-state index is 11.0. The number of carboxylic acid groups (broad SMARTS) is 1. The van der Waals surface area contributed by atoms with E-state index >= 15 is 0 Å². The molecule has 0 aliphatic heterocycles. The molecule has 0 aliphatic carbocycles. The summed E-state index contributed by atoms with van der Waals surface area (Å²) in [5.74, 6) is -0.119. The smallest absolute Gasteiger partial charge is 0.303 e. The van der Waals surface area contributed by atoms with Crippen molar-refractivity contribution in [2.45, 2.75) is 65.7 Å². The number of hydrogen-bond donors (Lipinski definition) is 1. The molecule has 0 fully saturated rings. The molecule has 20 heavy (non-hydrogen) atoms. The Kier molecular flexibility index (Phi) is 9.95. The van der Waals surface area contributed by atoms with Crippen molar-refractivity contribution in [2.24, 2.45) is 17.8 Å². The van der Waals surface area contributed by atoms with Crippen LogP contribution < -0.4 is 0 Å². The van der Waals surface area contributed by atoms with E-state index in [4.69, 9.17) is 5.11 Å². The van der Waals surface area contributed by atoms with E-state index in [1.807, 2.05) is 6.92 Å². The van der Waals surface area contributed by atoms with Crippen LogP contribution in [0.15, 0.2) is 0 Å². The van der Waals surface area contributed by atoms with Gasteiger partial charge in [-0.15, -0.1) is 0 Å². The standard InChI is InChI=1S/C16H28O4/c1-4-14(10-16(19)20)7-5-12(2)6-8-15(11-17)9-13(3)18/h11-12,14-15H,4-10H2,1-3H3,(H,19,20). The van der Waals surface area contributed by atoms with Crippen molar-refractivity contribution < 1.29 is 19.5 Å². The maximum absolute atomic E-state index is 11.0. The molecule has 0 radical (unpaired) electrons. The Balaban J connectivity index is 3.97. The van der Waals surface area contributed by atoms with Crippen LogP contribution in [0, 0.1) is 17.8 Å². The quantitative estimate of drug-likeness (QED) is 0.557. The highest BCUT2D eigenvalue weighted by molar-refractivity contribution is 5.78. The molecule has 0 bridgehead atoms. The third-order valence-electron chi connectivity index (χ3n) is 3.88. The summed E-state index contributed by atoms with van der Waals surface area (Å²) in [5, 5.41) is 8.80. The number of rotatable bonds is 12. The molecule has 0 aromatic rings. The molecule has 0 aromatic carbocycles. The number of carboxylic acids is 1. The first kappa shape index (κ1) is 18.8. The molecular formula is C16H28O4. The fourth-order valence-corrected chi connectivity index (χ4v) is 2.45. The molecule has 4 heteroatoms. The maximum Gasteiger partial charge on any atom is 0.303 e. The van der Waals surface area contributed by atoms with Crippen LogP contribution in [0.1, 0.15) is 65.7 Å². The zero-order chi connectivity index (χ0) is 15.5. The topological polar surface area (TPSA) is 71.4 Å². The van der Waals surface area contributed by atoms with Gasteiger partial charge in [-0.25, -0.2) is 0 Å². The first-order chi connectivity index (χ1) is 9.38. The van der Waals surface area contributed by atoms with Crippen LogP contribution in [-0.2, 0) is 14.4 Å². The SMILES string of the molecule is CCC(CCC(C)CCC(C=O)CC(C)=O)CC(=O)O. The summed E-state index contributed by atoms with van der Waals surface area (Å²) in [6, 6.07) is 0. The number of aliphatic carboxylic acids is 1. The molecule has 0 amide bonds. The predicted molar refractivity (Wildman–Crippen MR) is 78.5 cm³/mol. The van der Waals surface area contributed by atoms with Crippen LogP contribution in [0.2, 0.25) is 0 Å². The second-order valence-electron chi connectivity index (χ2n) is 5.93. The van der Waals surface area contributed by atoms with Gasteiger partial charge in [0, 0.05) is 18.8 Å². The minimum atomic E-state index is -0.730. The molecule has 0 saturated carbocycles. The van der Waals surface area contributed by atoms with Crippen LogP contribution >= 0.6 is 0 Å². The van der Waals surface area contributed by atoms with Gasteiger partial charge in [0.15, 0.2) is 0 Å². The predicted octanol–water partition coefficient (Wildman–Crippen LogP) is 3.48. The highest BCUT2D eigenvalue weighted by Crippen LogP contribution is 2.23. The first-order valence-electron chi connectivity index (χ1n) is 7.55. The van der Waals surface area contributed by atoms with E-state index < -0.39 is 5.97 Å². The molecule has 0 rings (SSSR count). The highest BCUT2D eigenvalue weighted by Gasteiger charge is 2.15. The molecule has 1 N–H and O–H groups in total. The Hall–Kier alpha value is -1.19. The minimum Gasteiger partial charge on any atom is -0.481 e. The van der Waals surface area contributed by atoms with Crippen LogP contribution in [-0.4, -0.2) is 23.1 Å². The van der Waals surface area contributed by atoms with Gasteiger partial charge in [0.05, 0.1) is 0 Å². The molecule has 3 unspecified atom stereocenters. The summed E-state index contributed by atoms with van der Waals surface area (Å²) in [4.78, 5) is 32.6. The Morgan fingerprint density at radius 1 is 1.10 bits per heavy atom. The molecule has 0 aliphatic rings. The van der Waals surface area contributed by atoms with Crippen molar-refractivity contribution in [3.8, 4) is 0 Å². The van der Waals surface area contributed by atoms with Gasteiger partial charge in [0.25, 0.3) is 0 Å². The molecule has 0 saturated heterocycles. The van der Waals surface area contributed by atoms with Crippen molar-refractivity contribution in [1.29, 1.82) is 0 Å². The number of ketones is 1. The molecule has 0 aromatic heterocycles. The van der Waals surface area contributed by atoms with Gasteiger partial charge in [-0.3, -0.25) is 4.79 Å². The van der Waals surface area contributed by atoms with E-state index in [0.717, 1.165) is 38.4 Å². The van der Waals surface area contributed by atoms with Crippen molar-refractivity contribution in [1.82, 2.24) is 0 Å². The van der Waals surface area contributed by atoms with E-state index in [1.165, 1.54) is 6.92 Å². The van der Waals surface area contributed by atoms with Gasteiger partial charge in [0.1, 0.15) is 12.1 Å². The average molecular weight is 284 g/mol. The van der Waals surface area contributed by atoms with Crippen LogP contribution in [0.25, 0.3) is 0 Å². The molecule has 4 nitrogen and oxygen atoms in total. The summed E-state index contributed by atoms with van der Waals surface area (Å²) in [5.41, 5.74) is 0. The van der Waals surface area contributed by atoms with Crippen LogP contribution in [0.4, 0.5) is 0 Å². The van der Waals surface area contributed by atoms with Crippen LogP contribution in [0.3, 0.4) is 0 Å². The summed E-state index contributed by atoms with van der Waals surface area (Å²) >= 11 is 0. The van der Waals surface area contributed by atoms with Gasteiger partial charge in [-0.2, -0.15) is 0 Å². The first-order valence-corrected chi connectivity index (χ1v) is 7.55. The lowest BCUT2D eigenvalue weighted by molar-refractivity contribution is -0.138. The Bertz CT molecular complexity index is 312. The minimum absolute atomic E-state index is 0.0576. The second kappa shape index (κ2) is 10.6. The Morgan fingerprint density at radius 3 is 2.15 bits per heavy atom. The summed E-state index contributed by atoms with van der Waals surface area (Å²) in [7, 11) is 0. The molecule has 116 valence electrons. The van der Waals surface area contributed by atoms with Crippen molar-refractivity contribution in [3.63, 3.8) is 0 Å². The second-order valence-corrected chi connectivity index (χ2v) is 5.93. The van der Waals surface area contributed by atoms with Crippen molar-refractivity contribution >= 4 is 18.0 Å². The normalized spacial score (nSPS) is 15.3. The van der Waals surface area contributed by atoms with Crippen LogP contribution in [0.5, 0.6) is 0 Å². The average Bonchev–Trinajstić information content (AvgIpc) is 2.38. The van der Waals surface area contributed by atoms with Gasteiger partial charge >= 0.3 is 5.97 Å². The largest absolute Gasteiger partial charge is 0.481 e. The highest BCUT2D eigenvalue weighted by atomic mass is 16.4. The monoisotopic (exact) mass is 284 g/mol. The number of carbonyl (C=O) groups is 3. The fraction of sp³-hybridized carbons (Fsp3) is 0.812. The van der Waals surface area contributed by atoms with E-state index in [-0.39, 0.29) is 24.0 Å². The molecule has 3 atom stereocenters. The summed E-state index contributed by atoms with van der Waals surface area (Å²) in [6.45, 7) is 5.66. The number of carbonyl (C=O) groups excluding carboxylic acids is 2. The van der Waals surface area contributed by atoms with Gasteiger partial charge < -0.3 is 14.7 Å². The third kappa shape index (κ3) is 9.70. The van der Waals surface area contributed by atoms with E-state index in [2.05, 4.69) is 6.92 Å². The van der Waals surface area contributed by atoms with E-state index in [9.17, 15) is 14.4 Å². The zero-order valence-corrected chi connectivity index (χ0v) is 12.9. The lowest BCUT2D eigenvalue weighted by atomic mass is 9.88. The zero-order valence-electron chi connectivity index (χ0n) is 12.9. The van der Waals surface area contributed by atoms with Crippen molar-refractivity contribution in [2.75, 3.05) is 0 Å². The van der Waals surface area contributed by atoms with Gasteiger partial charge in [0.2, 0.25) is 0 Å². The summed E-state index contributed by atoms with van der Waals surface area (Å²) < 4.78 is 0. The number of hydrogen-bond acceptors (Lipinski definition) is 3. The number of Topliss-reactive ketones (excluding diaryl/α,β-unsaturated/α-hetero) is 1.